The van der Waals surface area contributed by atoms with Crippen molar-refractivity contribution < 1.29 is 14.3 Å². The van der Waals surface area contributed by atoms with Gasteiger partial charge in [0.05, 0.1) is 7.11 Å². The Morgan fingerprint density at radius 3 is 2.82 bits per heavy atom. The monoisotopic (exact) mass is 231 g/mol. The molecule has 1 rings (SSSR count). The molecule has 0 N–H and O–H groups in total. The van der Waals surface area contributed by atoms with Gasteiger partial charge in [0, 0.05) is 0 Å². The van der Waals surface area contributed by atoms with Crippen LogP contribution in [0.4, 0.5) is 0 Å². The van der Waals surface area contributed by atoms with Gasteiger partial charge >= 0.3 is 0 Å². The minimum absolute atomic E-state index is 0.0197. The molecule has 0 spiro atoms. The molecule has 0 aliphatic heterocycles. The second kappa shape index (κ2) is 6.33. The minimum atomic E-state index is -0.0288. The second-order valence-corrected chi connectivity index (χ2v) is 3.30. The van der Waals surface area contributed by atoms with Crippen molar-refractivity contribution in [2.75, 3.05) is 13.7 Å². The van der Waals surface area contributed by atoms with Gasteiger partial charge in [0.15, 0.2) is 23.9 Å². The molecule has 17 heavy (non-hydrogen) atoms. The summed E-state index contributed by atoms with van der Waals surface area (Å²) >= 11 is 0. The van der Waals surface area contributed by atoms with Crippen LogP contribution in [0.2, 0.25) is 0 Å². The fraction of sp³-hybridized carbons (Fsp3) is 0.231. The Hall–Kier alpha value is -2.28. The Kier molecular flexibility index (Phi) is 4.77. The lowest BCUT2D eigenvalue weighted by Crippen LogP contribution is -1.96. The minimum Gasteiger partial charge on any atom is -0.493 e. The molecule has 0 fully saturated rings. The highest BCUT2D eigenvalue weighted by molar-refractivity contribution is 5.91. The first-order valence-electron chi connectivity index (χ1n) is 5.04. The summed E-state index contributed by atoms with van der Waals surface area (Å²) in [6.45, 7) is 1.46. The van der Waals surface area contributed by atoms with Gasteiger partial charge in [0.1, 0.15) is 6.07 Å². The van der Waals surface area contributed by atoms with Crippen LogP contribution in [0.1, 0.15) is 12.5 Å². The highest BCUT2D eigenvalue weighted by Crippen LogP contribution is 2.28. The predicted octanol–water partition coefficient (Wildman–Crippen LogP) is 2.20. The van der Waals surface area contributed by atoms with E-state index in [0.29, 0.717) is 11.5 Å². The number of ketones is 1. The molecule has 0 aliphatic carbocycles. The van der Waals surface area contributed by atoms with E-state index in [2.05, 4.69) is 0 Å². The third-order valence-electron chi connectivity index (χ3n) is 1.99. The van der Waals surface area contributed by atoms with E-state index in [0.717, 1.165) is 5.56 Å². The summed E-state index contributed by atoms with van der Waals surface area (Å²) in [5, 5.41) is 8.43. The molecule has 0 unspecified atom stereocenters. The number of nitrogens with zero attached hydrogens (tertiary/aromatic N) is 1. The fourth-order valence-corrected chi connectivity index (χ4v) is 1.23. The van der Waals surface area contributed by atoms with Crippen LogP contribution < -0.4 is 9.47 Å². The van der Waals surface area contributed by atoms with Crippen molar-refractivity contribution in [3.05, 3.63) is 29.8 Å². The van der Waals surface area contributed by atoms with Gasteiger partial charge in [-0.25, -0.2) is 0 Å². The van der Waals surface area contributed by atoms with E-state index in [4.69, 9.17) is 14.7 Å². The van der Waals surface area contributed by atoms with Crippen molar-refractivity contribution in [3.8, 4) is 17.6 Å². The van der Waals surface area contributed by atoms with Crippen LogP contribution in [0.25, 0.3) is 6.08 Å². The summed E-state index contributed by atoms with van der Waals surface area (Å²) in [5.74, 6) is 1.02. The van der Waals surface area contributed by atoms with Gasteiger partial charge in [0.25, 0.3) is 0 Å². The van der Waals surface area contributed by atoms with E-state index in [1.165, 1.54) is 20.1 Å². The molecule has 0 saturated heterocycles. The van der Waals surface area contributed by atoms with Crippen LogP contribution in [-0.4, -0.2) is 19.5 Å². The number of hydrogen-bond donors (Lipinski definition) is 0. The first kappa shape index (κ1) is 12.8. The number of nitriles is 1. The van der Waals surface area contributed by atoms with Gasteiger partial charge in [-0.1, -0.05) is 12.1 Å². The average Bonchev–Trinajstić information content (AvgIpc) is 2.34. The van der Waals surface area contributed by atoms with Crippen LogP contribution in [0.3, 0.4) is 0 Å². The van der Waals surface area contributed by atoms with Crippen LogP contribution >= 0.6 is 0 Å². The van der Waals surface area contributed by atoms with Crippen LogP contribution in [-0.2, 0) is 4.79 Å². The molecule has 0 heterocycles. The third kappa shape index (κ3) is 3.99. The number of methoxy groups -OCH3 is 1. The molecular weight excluding hydrogens is 218 g/mol. The van der Waals surface area contributed by atoms with Crippen molar-refractivity contribution in [1.82, 2.24) is 0 Å². The van der Waals surface area contributed by atoms with Gasteiger partial charge in [-0.3, -0.25) is 4.79 Å². The number of hydrogen-bond acceptors (Lipinski definition) is 4. The van der Waals surface area contributed by atoms with E-state index in [1.807, 2.05) is 6.07 Å². The maximum atomic E-state index is 10.8. The normalized spacial score (nSPS) is 9.94. The maximum absolute atomic E-state index is 10.8. The number of carbonyl (C=O) groups is 1. The lowest BCUT2D eigenvalue weighted by Gasteiger charge is -2.08. The summed E-state index contributed by atoms with van der Waals surface area (Å²) in [5.41, 5.74) is 0.835. The molecule has 0 bridgehead atoms. The van der Waals surface area contributed by atoms with Gasteiger partial charge in [-0.2, -0.15) is 5.26 Å². The Balaban J connectivity index is 2.92. The average molecular weight is 231 g/mol. The number of carbonyl (C=O) groups excluding carboxylic acids is 1. The summed E-state index contributed by atoms with van der Waals surface area (Å²) in [7, 11) is 1.52. The fourth-order valence-electron chi connectivity index (χ4n) is 1.23. The molecule has 1 aromatic rings. The summed E-state index contributed by atoms with van der Waals surface area (Å²) < 4.78 is 10.3. The Morgan fingerprint density at radius 2 is 2.24 bits per heavy atom. The molecule has 88 valence electrons. The van der Waals surface area contributed by atoms with Gasteiger partial charge in [-0.15, -0.1) is 0 Å². The van der Waals surface area contributed by atoms with Crippen molar-refractivity contribution in [1.29, 1.82) is 5.26 Å². The van der Waals surface area contributed by atoms with Gasteiger partial charge < -0.3 is 9.47 Å². The van der Waals surface area contributed by atoms with Gasteiger partial charge in [-0.05, 0) is 30.7 Å². The topological polar surface area (TPSA) is 59.3 Å². The van der Waals surface area contributed by atoms with Crippen molar-refractivity contribution in [2.45, 2.75) is 6.92 Å². The number of ether oxygens (including phenoxy) is 2. The molecule has 0 aliphatic rings. The van der Waals surface area contributed by atoms with Crippen LogP contribution in [0.5, 0.6) is 11.5 Å². The molecule has 0 aromatic heterocycles. The first-order chi connectivity index (χ1) is 8.17. The number of rotatable bonds is 5. The zero-order valence-corrected chi connectivity index (χ0v) is 9.77. The Morgan fingerprint density at radius 1 is 1.47 bits per heavy atom. The predicted molar refractivity (Wildman–Crippen MR) is 63.8 cm³/mol. The number of benzene rings is 1. The van der Waals surface area contributed by atoms with E-state index < -0.39 is 0 Å². The zero-order valence-electron chi connectivity index (χ0n) is 9.77. The molecular formula is C13H13NO3. The van der Waals surface area contributed by atoms with Gasteiger partial charge in [0.2, 0.25) is 0 Å². The molecule has 4 nitrogen and oxygen atoms in total. The molecule has 0 saturated carbocycles. The molecule has 1 aromatic carbocycles. The maximum Gasteiger partial charge on any atom is 0.174 e. The third-order valence-corrected chi connectivity index (χ3v) is 1.99. The van der Waals surface area contributed by atoms with E-state index in [-0.39, 0.29) is 12.4 Å². The van der Waals surface area contributed by atoms with Crippen LogP contribution in [0, 0.1) is 11.3 Å². The first-order valence-corrected chi connectivity index (χ1v) is 5.04. The molecule has 0 amide bonds. The second-order valence-electron chi connectivity index (χ2n) is 3.30. The lowest BCUT2D eigenvalue weighted by atomic mass is 10.2. The highest BCUT2D eigenvalue weighted by Gasteiger charge is 2.04. The zero-order chi connectivity index (χ0) is 12.7. The summed E-state index contributed by atoms with van der Waals surface area (Å²) in [4.78, 5) is 10.8. The summed E-state index contributed by atoms with van der Waals surface area (Å²) in [6, 6.07) is 7.12. The Labute approximate surface area is 100 Å². The standard InChI is InChI=1S/C13H13NO3/c1-10(15)3-4-11-5-6-12(17-8-7-14)13(9-11)16-2/h3-6,9H,8H2,1-2H3. The van der Waals surface area contributed by atoms with Crippen molar-refractivity contribution in [2.24, 2.45) is 0 Å². The Bertz CT molecular complexity index is 472. The summed E-state index contributed by atoms with van der Waals surface area (Å²) in [6.07, 6.45) is 3.17. The molecule has 4 heteroatoms. The lowest BCUT2D eigenvalue weighted by molar-refractivity contribution is -0.112. The van der Waals surface area contributed by atoms with E-state index >= 15 is 0 Å². The molecule has 0 atom stereocenters. The van der Waals surface area contributed by atoms with E-state index in [9.17, 15) is 4.79 Å². The largest absolute Gasteiger partial charge is 0.493 e. The van der Waals surface area contributed by atoms with Crippen LogP contribution in [0.15, 0.2) is 24.3 Å². The van der Waals surface area contributed by atoms with Crippen molar-refractivity contribution >= 4 is 11.9 Å². The quantitative estimate of drug-likeness (QED) is 0.729. The van der Waals surface area contributed by atoms with Crippen molar-refractivity contribution in [3.63, 3.8) is 0 Å². The smallest absolute Gasteiger partial charge is 0.174 e. The highest BCUT2D eigenvalue weighted by atomic mass is 16.5. The van der Waals surface area contributed by atoms with E-state index in [1.54, 1.807) is 24.3 Å². The molecule has 0 radical (unpaired) electrons. The number of allylic oxidation sites excluding steroid dienone is 1. The SMILES string of the molecule is COc1cc(C=CC(C)=O)ccc1OCC#N.